The molecule has 18 heavy (non-hydrogen) atoms. The van der Waals surface area contributed by atoms with Crippen molar-refractivity contribution in [1.29, 1.82) is 0 Å². The van der Waals surface area contributed by atoms with E-state index in [0.29, 0.717) is 4.90 Å². The third-order valence-corrected chi connectivity index (χ3v) is 6.15. The van der Waals surface area contributed by atoms with Crippen LogP contribution in [0.5, 0.6) is 0 Å². The van der Waals surface area contributed by atoms with Crippen LogP contribution in [0.2, 0.25) is 0 Å². The Labute approximate surface area is 110 Å². The number of benzene rings is 1. The van der Waals surface area contributed by atoms with Gasteiger partial charge in [-0.3, -0.25) is 0 Å². The molecule has 1 aliphatic carbocycles. The van der Waals surface area contributed by atoms with Crippen LogP contribution in [0.15, 0.2) is 29.2 Å². The van der Waals surface area contributed by atoms with Gasteiger partial charge in [0.2, 0.25) is 0 Å². The highest BCUT2D eigenvalue weighted by Gasteiger charge is 2.38. The zero-order valence-corrected chi connectivity index (χ0v) is 11.8. The van der Waals surface area contributed by atoms with Crippen LogP contribution in [-0.4, -0.2) is 26.3 Å². The van der Waals surface area contributed by atoms with Crippen molar-refractivity contribution in [2.75, 3.05) is 6.54 Å². The van der Waals surface area contributed by atoms with Gasteiger partial charge in [0.15, 0.2) is 9.84 Å². The summed E-state index contributed by atoms with van der Waals surface area (Å²) < 4.78 is 25.4. The van der Waals surface area contributed by atoms with Crippen LogP contribution in [0.4, 0.5) is 0 Å². The van der Waals surface area contributed by atoms with Crippen molar-refractivity contribution in [3.8, 4) is 0 Å². The molecule has 0 spiro atoms. The lowest BCUT2D eigenvalue weighted by atomic mass is 10.2. The van der Waals surface area contributed by atoms with Gasteiger partial charge < -0.3 is 5.32 Å². The van der Waals surface area contributed by atoms with Crippen LogP contribution < -0.4 is 5.32 Å². The average molecular weight is 267 g/mol. The van der Waals surface area contributed by atoms with E-state index >= 15 is 0 Å². The van der Waals surface area contributed by atoms with Crippen molar-refractivity contribution in [2.45, 2.75) is 49.3 Å². The molecule has 3 nitrogen and oxygen atoms in total. The fourth-order valence-corrected chi connectivity index (χ4v) is 5.08. The first-order chi connectivity index (χ1) is 8.57. The fourth-order valence-electron chi connectivity index (χ4n) is 2.83. The van der Waals surface area contributed by atoms with E-state index in [9.17, 15) is 8.42 Å². The zero-order valence-electron chi connectivity index (χ0n) is 11.0. The van der Waals surface area contributed by atoms with Gasteiger partial charge in [-0.15, -0.1) is 0 Å². The van der Waals surface area contributed by atoms with Crippen molar-refractivity contribution in [3.05, 3.63) is 29.8 Å². The summed E-state index contributed by atoms with van der Waals surface area (Å²) >= 11 is 0. The molecule has 4 heteroatoms. The van der Waals surface area contributed by atoms with Crippen molar-refractivity contribution in [3.63, 3.8) is 0 Å². The first-order valence-electron chi connectivity index (χ1n) is 6.60. The van der Waals surface area contributed by atoms with E-state index in [2.05, 4.69) is 5.32 Å². The first kappa shape index (κ1) is 13.6. The number of hydrogen-bond donors (Lipinski definition) is 1. The minimum absolute atomic E-state index is 0.111. The molecule has 0 heterocycles. The molecule has 0 amide bonds. The molecule has 0 aromatic heterocycles. The molecule has 2 rings (SSSR count). The standard InChI is InChI=1S/C14H21NO2S/c1-3-15-12-8-6-10-14(12)18(16,17)13-9-5-4-7-11(13)2/h4-5,7,9,12,14-15H,3,6,8,10H2,1-2H3. The van der Waals surface area contributed by atoms with Gasteiger partial charge in [-0.1, -0.05) is 31.5 Å². The van der Waals surface area contributed by atoms with Crippen LogP contribution in [-0.2, 0) is 9.84 Å². The number of nitrogens with one attached hydrogen (secondary N) is 1. The molecule has 0 aliphatic heterocycles. The molecular weight excluding hydrogens is 246 g/mol. The number of sulfone groups is 1. The maximum Gasteiger partial charge on any atom is 0.183 e. The lowest BCUT2D eigenvalue weighted by Crippen LogP contribution is -2.40. The Bertz CT molecular complexity index is 510. The van der Waals surface area contributed by atoms with Crippen LogP contribution in [0.25, 0.3) is 0 Å². The summed E-state index contributed by atoms with van der Waals surface area (Å²) in [7, 11) is -3.20. The minimum Gasteiger partial charge on any atom is -0.313 e. The SMILES string of the molecule is CCNC1CCCC1S(=O)(=O)c1ccccc1C. The van der Waals surface area contributed by atoms with Crippen LogP contribution in [0.3, 0.4) is 0 Å². The fraction of sp³-hybridized carbons (Fsp3) is 0.571. The van der Waals surface area contributed by atoms with E-state index in [-0.39, 0.29) is 11.3 Å². The third-order valence-electron chi connectivity index (χ3n) is 3.72. The predicted molar refractivity (Wildman–Crippen MR) is 73.5 cm³/mol. The van der Waals surface area contributed by atoms with Crippen LogP contribution in [0, 0.1) is 6.92 Å². The molecule has 1 aromatic rings. The van der Waals surface area contributed by atoms with Gasteiger partial charge >= 0.3 is 0 Å². The van der Waals surface area contributed by atoms with E-state index in [1.165, 1.54) is 0 Å². The Kier molecular flexibility index (Phi) is 4.07. The molecule has 100 valence electrons. The lowest BCUT2D eigenvalue weighted by Gasteiger charge is -2.21. The molecule has 0 saturated heterocycles. The Morgan fingerprint density at radius 1 is 1.28 bits per heavy atom. The molecule has 0 bridgehead atoms. The molecule has 2 unspecified atom stereocenters. The smallest absolute Gasteiger partial charge is 0.183 e. The van der Waals surface area contributed by atoms with Crippen molar-refractivity contribution in [1.82, 2.24) is 5.32 Å². The van der Waals surface area contributed by atoms with Crippen molar-refractivity contribution < 1.29 is 8.42 Å². The van der Waals surface area contributed by atoms with Crippen LogP contribution in [0.1, 0.15) is 31.7 Å². The van der Waals surface area contributed by atoms with Gasteiger partial charge in [0.25, 0.3) is 0 Å². The monoisotopic (exact) mass is 267 g/mol. The van der Waals surface area contributed by atoms with E-state index < -0.39 is 9.84 Å². The van der Waals surface area contributed by atoms with Crippen molar-refractivity contribution in [2.24, 2.45) is 0 Å². The summed E-state index contributed by atoms with van der Waals surface area (Å²) in [5.74, 6) is 0. The second-order valence-corrected chi connectivity index (χ2v) is 7.08. The van der Waals surface area contributed by atoms with Gasteiger partial charge in [0.05, 0.1) is 10.1 Å². The highest BCUT2D eigenvalue weighted by molar-refractivity contribution is 7.92. The van der Waals surface area contributed by atoms with E-state index in [1.807, 2.05) is 26.0 Å². The summed E-state index contributed by atoms with van der Waals surface area (Å²) in [6.45, 7) is 4.71. The van der Waals surface area contributed by atoms with E-state index in [1.54, 1.807) is 12.1 Å². The van der Waals surface area contributed by atoms with Gasteiger partial charge in [-0.2, -0.15) is 0 Å². The molecule has 1 aromatic carbocycles. The Morgan fingerprint density at radius 2 is 2.00 bits per heavy atom. The topological polar surface area (TPSA) is 46.2 Å². The van der Waals surface area contributed by atoms with E-state index in [4.69, 9.17) is 0 Å². The molecule has 1 fully saturated rings. The number of rotatable bonds is 4. The average Bonchev–Trinajstić information content (AvgIpc) is 2.79. The quantitative estimate of drug-likeness (QED) is 0.910. The Hall–Kier alpha value is -0.870. The summed E-state index contributed by atoms with van der Waals surface area (Å²) in [5, 5.41) is 3.05. The maximum atomic E-state index is 12.7. The lowest BCUT2D eigenvalue weighted by molar-refractivity contribution is 0.517. The molecular formula is C14H21NO2S. The zero-order chi connectivity index (χ0) is 13.2. The minimum atomic E-state index is -3.20. The maximum absolute atomic E-state index is 12.7. The molecule has 1 aliphatic rings. The Morgan fingerprint density at radius 3 is 2.67 bits per heavy atom. The highest BCUT2D eigenvalue weighted by Crippen LogP contribution is 2.31. The molecule has 1 saturated carbocycles. The van der Waals surface area contributed by atoms with Gasteiger partial charge in [-0.25, -0.2) is 8.42 Å². The van der Waals surface area contributed by atoms with Crippen LogP contribution >= 0.6 is 0 Å². The summed E-state index contributed by atoms with van der Waals surface area (Å²) in [5.41, 5.74) is 0.847. The van der Waals surface area contributed by atoms with Gasteiger partial charge in [0.1, 0.15) is 0 Å². The largest absolute Gasteiger partial charge is 0.313 e. The Balaban J connectivity index is 2.34. The van der Waals surface area contributed by atoms with Gasteiger partial charge in [0, 0.05) is 6.04 Å². The second kappa shape index (κ2) is 5.41. The number of aryl methyl sites for hydroxylation is 1. The molecule has 2 atom stereocenters. The normalized spacial score (nSPS) is 24.3. The summed E-state index contributed by atoms with van der Waals surface area (Å²) in [6, 6.07) is 7.39. The highest BCUT2D eigenvalue weighted by atomic mass is 32.2. The number of hydrogen-bond acceptors (Lipinski definition) is 3. The summed E-state index contributed by atoms with van der Waals surface area (Å²) in [6.07, 6.45) is 2.73. The first-order valence-corrected chi connectivity index (χ1v) is 8.15. The van der Waals surface area contributed by atoms with Crippen molar-refractivity contribution >= 4 is 9.84 Å². The molecule has 0 radical (unpaired) electrons. The summed E-state index contributed by atoms with van der Waals surface area (Å²) in [4.78, 5) is 0.500. The predicted octanol–water partition coefficient (Wildman–Crippen LogP) is 2.30. The van der Waals surface area contributed by atoms with E-state index in [0.717, 1.165) is 31.4 Å². The second-order valence-electron chi connectivity index (χ2n) is 4.94. The third kappa shape index (κ3) is 2.45. The van der Waals surface area contributed by atoms with Gasteiger partial charge in [-0.05, 0) is 37.9 Å². The molecule has 1 N–H and O–H groups in total.